The van der Waals surface area contributed by atoms with Gasteiger partial charge in [0.25, 0.3) is 0 Å². The average Bonchev–Trinajstić information content (AvgIpc) is 3.77. The highest BCUT2D eigenvalue weighted by Gasteiger charge is 2.60. The van der Waals surface area contributed by atoms with Gasteiger partial charge in [0.15, 0.2) is 0 Å². The standard InChI is InChI=1S/C42H30N4/c1-7-19-31(20-8-1)37-38(32-21-9-2-10-22-32)44-41(43-37,35-27-15-5-16-28-35)42(36-29-17-6-18-30-36)45-39(33-23-11-3-12-24-33)40(46-42)34-25-13-4-14-26-34/h1-30H. The molecular weight excluding hydrogens is 560 g/mol. The summed E-state index contributed by atoms with van der Waals surface area (Å²) in [5.41, 5.74) is 6.50. The maximum Gasteiger partial charge on any atom is 0.226 e. The second-order valence-electron chi connectivity index (χ2n) is 11.4. The highest BCUT2D eigenvalue weighted by atomic mass is 15.3. The maximum absolute atomic E-state index is 5.70. The Bertz CT molecular complexity index is 1830. The largest absolute Gasteiger partial charge is 0.243 e. The molecule has 4 nitrogen and oxygen atoms in total. The quantitative estimate of drug-likeness (QED) is 0.179. The van der Waals surface area contributed by atoms with Crippen molar-refractivity contribution in [1.82, 2.24) is 0 Å². The van der Waals surface area contributed by atoms with Crippen LogP contribution in [0.15, 0.2) is 202 Å². The Labute approximate surface area is 268 Å². The van der Waals surface area contributed by atoms with E-state index >= 15 is 0 Å². The molecule has 0 amide bonds. The molecule has 0 aliphatic carbocycles. The van der Waals surface area contributed by atoms with Crippen LogP contribution in [0.5, 0.6) is 0 Å². The Hall–Kier alpha value is -6.00. The van der Waals surface area contributed by atoms with Crippen molar-refractivity contribution in [1.29, 1.82) is 0 Å². The fourth-order valence-corrected chi connectivity index (χ4v) is 6.41. The summed E-state index contributed by atoms with van der Waals surface area (Å²) in [7, 11) is 0. The molecule has 0 saturated heterocycles. The second kappa shape index (κ2) is 11.5. The fraction of sp³-hybridized carbons (Fsp3) is 0.0476. The third kappa shape index (κ3) is 4.54. The predicted molar refractivity (Wildman–Crippen MR) is 188 cm³/mol. The smallest absolute Gasteiger partial charge is 0.226 e. The molecule has 2 aliphatic rings. The third-order valence-electron chi connectivity index (χ3n) is 8.57. The van der Waals surface area contributed by atoms with E-state index in [1.165, 1.54) is 0 Å². The molecule has 0 spiro atoms. The Morgan fingerprint density at radius 1 is 0.239 bits per heavy atom. The summed E-state index contributed by atoms with van der Waals surface area (Å²) in [4.78, 5) is 22.8. The molecule has 0 atom stereocenters. The van der Waals surface area contributed by atoms with E-state index in [0.29, 0.717) is 0 Å². The van der Waals surface area contributed by atoms with E-state index in [1.807, 2.05) is 109 Å². The molecule has 8 rings (SSSR count). The predicted octanol–water partition coefficient (Wildman–Crippen LogP) is 8.68. The minimum absolute atomic E-state index is 0.811. The molecule has 218 valence electrons. The number of rotatable bonds is 7. The first-order valence-corrected chi connectivity index (χ1v) is 15.5. The Morgan fingerprint density at radius 3 is 0.652 bits per heavy atom. The molecule has 0 fully saturated rings. The fourth-order valence-electron chi connectivity index (χ4n) is 6.41. The van der Waals surface area contributed by atoms with Crippen LogP contribution in [0, 0.1) is 0 Å². The molecule has 46 heavy (non-hydrogen) atoms. The topological polar surface area (TPSA) is 49.4 Å². The normalized spacial score (nSPS) is 16.3. The first-order valence-electron chi connectivity index (χ1n) is 15.5. The Kier molecular flexibility index (Phi) is 6.88. The van der Waals surface area contributed by atoms with Crippen LogP contribution < -0.4 is 0 Å². The molecule has 0 bridgehead atoms. The van der Waals surface area contributed by atoms with Crippen molar-refractivity contribution in [2.45, 2.75) is 11.3 Å². The first kappa shape index (κ1) is 27.5. The zero-order valence-corrected chi connectivity index (χ0v) is 25.1. The monoisotopic (exact) mass is 590 g/mol. The maximum atomic E-state index is 5.70. The average molecular weight is 591 g/mol. The molecule has 0 saturated carbocycles. The van der Waals surface area contributed by atoms with E-state index in [0.717, 1.165) is 56.2 Å². The van der Waals surface area contributed by atoms with Gasteiger partial charge in [-0.2, -0.15) is 0 Å². The van der Waals surface area contributed by atoms with Gasteiger partial charge in [0.05, 0.1) is 22.8 Å². The summed E-state index contributed by atoms with van der Waals surface area (Å²) < 4.78 is 0. The van der Waals surface area contributed by atoms with Gasteiger partial charge in [-0.15, -0.1) is 0 Å². The third-order valence-corrected chi connectivity index (χ3v) is 8.57. The van der Waals surface area contributed by atoms with Crippen molar-refractivity contribution in [3.8, 4) is 0 Å². The van der Waals surface area contributed by atoms with Crippen LogP contribution >= 0.6 is 0 Å². The van der Waals surface area contributed by atoms with Gasteiger partial charge in [-0.1, -0.05) is 182 Å². The summed E-state index contributed by atoms with van der Waals surface area (Å²) in [5, 5.41) is 0. The summed E-state index contributed by atoms with van der Waals surface area (Å²) in [6.45, 7) is 0. The van der Waals surface area contributed by atoms with Crippen molar-refractivity contribution in [3.63, 3.8) is 0 Å². The summed E-state index contributed by atoms with van der Waals surface area (Å²) in [6, 6.07) is 61.9. The van der Waals surface area contributed by atoms with E-state index in [-0.39, 0.29) is 0 Å². The number of nitrogens with zero attached hydrogens (tertiary/aromatic N) is 4. The van der Waals surface area contributed by atoms with Crippen LogP contribution in [-0.2, 0) is 11.3 Å². The molecule has 0 radical (unpaired) electrons. The number of hydrogen-bond donors (Lipinski definition) is 0. The van der Waals surface area contributed by atoms with Gasteiger partial charge < -0.3 is 0 Å². The van der Waals surface area contributed by atoms with Crippen molar-refractivity contribution in [2.24, 2.45) is 20.0 Å². The lowest BCUT2D eigenvalue weighted by Crippen LogP contribution is -2.43. The summed E-state index contributed by atoms with van der Waals surface area (Å²) >= 11 is 0. The minimum atomic E-state index is -1.26. The first-order chi connectivity index (χ1) is 22.8. The van der Waals surface area contributed by atoms with Crippen molar-refractivity contribution < 1.29 is 0 Å². The lowest BCUT2D eigenvalue weighted by Gasteiger charge is -2.38. The van der Waals surface area contributed by atoms with Crippen molar-refractivity contribution in [3.05, 3.63) is 215 Å². The zero-order valence-electron chi connectivity index (χ0n) is 25.1. The van der Waals surface area contributed by atoms with Crippen LogP contribution in [0.2, 0.25) is 0 Å². The van der Waals surface area contributed by atoms with Gasteiger partial charge in [0.1, 0.15) is 0 Å². The highest BCUT2D eigenvalue weighted by Crippen LogP contribution is 2.54. The Morgan fingerprint density at radius 2 is 0.435 bits per heavy atom. The molecule has 6 aromatic carbocycles. The number of benzene rings is 6. The van der Waals surface area contributed by atoms with Gasteiger partial charge in [-0.3, -0.25) is 0 Å². The van der Waals surface area contributed by atoms with E-state index in [4.69, 9.17) is 20.0 Å². The van der Waals surface area contributed by atoms with E-state index in [9.17, 15) is 0 Å². The summed E-state index contributed by atoms with van der Waals surface area (Å²) in [6.07, 6.45) is 0. The van der Waals surface area contributed by atoms with Crippen molar-refractivity contribution >= 4 is 22.8 Å². The molecule has 0 N–H and O–H groups in total. The van der Waals surface area contributed by atoms with Gasteiger partial charge in [-0.05, 0) is 0 Å². The molecule has 2 heterocycles. The molecule has 0 unspecified atom stereocenters. The lowest BCUT2D eigenvalue weighted by molar-refractivity contribution is 0.257. The van der Waals surface area contributed by atoms with Gasteiger partial charge >= 0.3 is 0 Å². The van der Waals surface area contributed by atoms with Gasteiger partial charge in [0, 0.05) is 33.4 Å². The van der Waals surface area contributed by atoms with E-state index in [1.54, 1.807) is 0 Å². The highest BCUT2D eigenvalue weighted by molar-refractivity contribution is 6.55. The molecule has 6 aromatic rings. The molecule has 0 aromatic heterocycles. The second-order valence-corrected chi connectivity index (χ2v) is 11.4. The zero-order chi connectivity index (χ0) is 30.8. The molecular formula is C42H30N4. The van der Waals surface area contributed by atoms with Crippen LogP contribution in [0.1, 0.15) is 33.4 Å². The molecule has 4 heteroatoms. The van der Waals surface area contributed by atoms with Crippen LogP contribution in [0.3, 0.4) is 0 Å². The minimum Gasteiger partial charge on any atom is -0.243 e. The van der Waals surface area contributed by atoms with Crippen LogP contribution in [0.25, 0.3) is 0 Å². The van der Waals surface area contributed by atoms with Crippen molar-refractivity contribution in [2.75, 3.05) is 0 Å². The summed E-state index contributed by atoms with van der Waals surface area (Å²) in [5.74, 6) is 0. The van der Waals surface area contributed by atoms with E-state index in [2.05, 4.69) is 72.8 Å². The van der Waals surface area contributed by atoms with Gasteiger partial charge in [0.2, 0.25) is 11.3 Å². The van der Waals surface area contributed by atoms with Crippen LogP contribution in [-0.4, -0.2) is 22.8 Å². The van der Waals surface area contributed by atoms with Gasteiger partial charge in [-0.25, -0.2) is 20.0 Å². The molecule has 2 aliphatic heterocycles. The SMILES string of the molecule is c1ccc(C2=NC(c3ccccc3)(C3(c4ccccc4)N=C(c4ccccc4)C(c4ccccc4)=N3)N=C2c2ccccc2)cc1. The lowest BCUT2D eigenvalue weighted by atomic mass is 9.82. The number of aliphatic imine (C=N–C) groups is 4. The van der Waals surface area contributed by atoms with E-state index < -0.39 is 11.3 Å². The number of hydrogen-bond acceptors (Lipinski definition) is 4. The van der Waals surface area contributed by atoms with Crippen LogP contribution in [0.4, 0.5) is 0 Å². The Balaban J connectivity index is 1.52.